The van der Waals surface area contributed by atoms with E-state index in [-0.39, 0.29) is 4.83 Å². The largest absolute Gasteiger partial charge is 0.240 e. The second kappa shape index (κ2) is 6.86. The molecule has 108 valence electrons. The molecule has 1 rings (SSSR count). The monoisotopic (exact) mass is 347 g/mol. The molecule has 0 aliphatic carbocycles. The lowest BCUT2D eigenvalue weighted by Gasteiger charge is -2.14. The summed E-state index contributed by atoms with van der Waals surface area (Å²) < 4.78 is 27.2. The van der Waals surface area contributed by atoms with Crippen molar-refractivity contribution < 1.29 is 8.42 Å². The maximum absolute atomic E-state index is 12.3. The van der Waals surface area contributed by atoms with Crippen LogP contribution in [0, 0.1) is 19.8 Å². The Morgan fingerprint density at radius 3 is 2.47 bits per heavy atom. The van der Waals surface area contributed by atoms with Crippen molar-refractivity contribution in [3.8, 4) is 0 Å². The highest BCUT2D eigenvalue weighted by Crippen LogP contribution is 2.18. The third kappa shape index (κ3) is 5.24. The van der Waals surface area contributed by atoms with Gasteiger partial charge in [0.05, 0.1) is 4.90 Å². The quantitative estimate of drug-likeness (QED) is 0.801. The van der Waals surface area contributed by atoms with Crippen LogP contribution in [0.1, 0.15) is 31.4 Å². The number of halogens is 1. The van der Waals surface area contributed by atoms with Crippen LogP contribution in [0.4, 0.5) is 0 Å². The Kier molecular flexibility index (Phi) is 6.02. The van der Waals surface area contributed by atoms with Crippen LogP contribution in [0.25, 0.3) is 0 Å². The molecule has 3 nitrogen and oxygen atoms in total. The molecule has 1 N–H and O–H groups in total. The van der Waals surface area contributed by atoms with E-state index in [1.165, 1.54) is 0 Å². The molecular weight excluding hydrogens is 326 g/mol. The van der Waals surface area contributed by atoms with E-state index in [2.05, 4.69) is 34.5 Å². The molecular formula is C14H22BrNO2S. The molecule has 0 fully saturated rings. The number of benzene rings is 1. The highest BCUT2D eigenvalue weighted by atomic mass is 79.9. The second-order valence-electron chi connectivity index (χ2n) is 5.35. The van der Waals surface area contributed by atoms with Gasteiger partial charge in [0.15, 0.2) is 0 Å². The summed E-state index contributed by atoms with van der Waals surface area (Å²) in [5.41, 5.74) is 1.72. The minimum atomic E-state index is -3.42. The Balaban J connectivity index is 2.79. The summed E-state index contributed by atoms with van der Waals surface area (Å²) in [5, 5.41) is 0. The van der Waals surface area contributed by atoms with E-state index in [0.29, 0.717) is 17.4 Å². The lowest BCUT2D eigenvalue weighted by Crippen LogP contribution is -2.30. The van der Waals surface area contributed by atoms with E-state index in [4.69, 9.17) is 0 Å². The fraction of sp³-hybridized carbons (Fsp3) is 0.571. The third-order valence-electron chi connectivity index (χ3n) is 2.86. The predicted octanol–water partition coefficient (Wildman–Crippen LogP) is 3.39. The van der Waals surface area contributed by atoms with Crippen LogP contribution in [0.3, 0.4) is 0 Å². The molecule has 0 amide bonds. The maximum Gasteiger partial charge on any atom is 0.240 e. The van der Waals surface area contributed by atoms with Crippen LogP contribution in [-0.2, 0) is 10.0 Å². The van der Waals surface area contributed by atoms with Crippen LogP contribution >= 0.6 is 15.9 Å². The molecule has 0 saturated carbocycles. The van der Waals surface area contributed by atoms with Crippen molar-refractivity contribution in [1.82, 2.24) is 4.72 Å². The topological polar surface area (TPSA) is 46.2 Å². The molecule has 1 atom stereocenters. The Morgan fingerprint density at radius 2 is 1.89 bits per heavy atom. The van der Waals surface area contributed by atoms with Crippen molar-refractivity contribution in [3.05, 3.63) is 29.3 Å². The summed E-state index contributed by atoms with van der Waals surface area (Å²) in [5.74, 6) is 0.537. The molecule has 0 heterocycles. The lowest BCUT2D eigenvalue weighted by atomic mass is 10.1. The molecule has 5 heteroatoms. The fourth-order valence-electron chi connectivity index (χ4n) is 1.87. The summed E-state index contributed by atoms with van der Waals surface area (Å²) in [6, 6.07) is 5.47. The van der Waals surface area contributed by atoms with E-state index in [9.17, 15) is 8.42 Å². The van der Waals surface area contributed by atoms with Crippen LogP contribution in [-0.4, -0.2) is 19.8 Å². The Labute approximate surface area is 125 Å². The Hall–Kier alpha value is -0.390. The zero-order valence-electron chi connectivity index (χ0n) is 11.9. The number of aryl methyl sites for hydroxylation is 2. The normalized spacial score (nSPS) is 13.8. The molecule has 1 unspecified atom stereocenters. The summed E-state index contributed by atoms with van der Waals surface area (Å²) in [7, 11) is -3.42. The first kappa shape index (κ1) is 16.7. The van der Waals surface area contributed by atoms with Gasteiger partial charge in [-0.25, -0.2) is 13.1 Å². The van der Waals surface area contributed by atoms with Gasteiger partial charge in [0.1, 0.15) is 0 Å². The van der Waals surface area contributed by atoms with Crippen molar-refractivity contribution in [2.75, 3.05) is 6.54 Å². The van der Waals surface area contributed by atoms with Gasteiger partial charge >= 0.3 is 0 Å². The zero-order valence-corrected chi connectivity index (χ0v) is 14.3. The fourth-order valence-corrected chi connectivity index (χ4v) is 4.40. The molecule has 1 aromatic rings. The van der Waals surface area contributed by atoms with E-state index in [1.54, 1.807) is 6.07 Å². The molecule has 0 radical (unpaired) electrons. The molecule has 0 saturated heterocycles. The van der Waals surface area contributed by atoms with Gasteiger partial charge in [0, 0.05) is 11.4 Å². The van der Waals surface area contributed by atoms with Crippen LogP contribution in [0.2, 0.25) is 0 Å². The highest BCUT2D eigenvalue weighted by Gasteiger charge is 2.18. The first-order chi connectivity index (χ1) is 8.72. The van der Waals surface area contributed by atoms with E-state index in [0.717, 1.165) is 17.5 Å². The van der Waals surface area contributed by atoms with Crippen molar-refractivity contribution in [1.29, 1.82) is 0 Å². The van der Waals surface area contributed by atoms with Crippen LogP contribution in [0.5, 0.6) is 0 Å². The van der Waals surface area contributed by atoms with Gasteiger partial charge < -0.3 is 0 Å². The summed E-state index contributed by atoms with van der Waals surface area (Å²) in [6.45, 7) is 8.35. The highest BCUT2D eigenvalue weighted by molar-refractivity contribution is 9.09. The van der Waals surface area contributed by atoms with Gasteiger partial charge in [0.25, 0.3) is 0 Å². The molecule has 19 heavy (non-hydrogen) atoms. The van der Waals surface area contributed by atoms with Gasteiger partial charge in [-0.05, 0) is 43.4 Å². The zero-order chi connectivity index (χ0) is 14.6. The average molecular weight is 348 g/mol. The van der Waals surface area contributed by atoms with Crippen molar-refractivity contribution >= 4 is 26.0 Å². The van der Waals surface area contributed by atoms with Gasteiger partial charge in [-0.3, -0.25) is 0 Å². The van der Waals surface area contributed by atoms with Crippen molar-refractivity contribution in [2.45, 2.75) is 43.8 Å². The minimum Gasteiger partial charge on any atom is -0.210 e. The minimum absolute atomic E-state index is 0.160. The Bertz CT molecular complexity index is 526. The molecule has 1 aromatic carbocycles. The number of nitrogens with one attached hydrogen (secondary N) is 1. The molecule has 0 aromatic heterocycles. The number of rotatable bonds is 6. The standard InChI is InChI=1S/C14H22BrNO2S/c1-10(2)7-13(15)9-16-19(17,18)14-8-11(3)5-6-12(14)4/h5-6,8,10,13,16H,7,9H2,1-4H3. The van der Waals surface area contributed by atoms with Crippen LogP contribution in [0.15, 0.2) is 23.1 Å². The van der Waals surface area contributed by atoms with E-state index < -0.39 is 10.0 Å². The molecule has 0 spiro atoms. The third-order valence-corrected chi connectivity index (χ3v) is 5.12. The molecule has 0 bridgehead atoms. The lowest BCUT2D eigenvalue weighted by molar-refractivity contribution is 0.551. The van der Waals surface area contributed by atoms with Crippen molar-refractivity contribution in [2.24, 2.45) is 5.92 Å². The first-order valence-electron chi connectivity index (χ1n) is 6.43. The number of alkyl halides is 1. The number of sulfonamides is 1. The summed E-state index contributed by atoms with van der Waals surface area (Å²) in [4.78, 5) is 0.532. The van der Waals surface area contributed by atoms with Crippen LogP contribution < -0.4 is 4.72 Å². The Morgan fingerprint density at radius 1 is 1.26 bits per heavy atom. The SMILES string of the molecule is Cc1ccc(C)c(S(=O)(=O)NCC(Br)CC(C)C)c1. The second-order valence-corrected chi connectivity index (χ2v) is 8.38. The molecule has 0 aliphatic heterocycles. The summed E-state index contributed by atoms with van der Waals surface area (Å²) >= 11 is 3.51. The van der Waals surface area contributed by atoms with Gasteiger partial charge in [0.2, 0.25) is 10.0 Å². The van der Waals surface area contributed by atoms with E-state index >= 15 is 0 Å². The maximum atomic E-state index is 12.3. The van der Waals surface area contributed by atoms with Gasteiger partial charge in [-0.1, -0.05) is 41.9 Å². The molecule has 0 aliphatic rings. The van der Waals surface area contributed by atoms with Gasteiger partial charge in [-0.15, -0.1) is 0 Å². The van der Waals surface area contributed by atoms with Crippen molar-refractivity contribution in [3.63, 3.8) is 0 Å². The number of hydrogen-bond donors (Lipinski definition) is 1. The predicted molar refractivity (Wildman–Crippen MR) is 83.3 cm³/mol. The average Bonchev–Trinajstić information content (AvgIpc) is 2.29. The first-order valence-corrected chi connectivity index (χ1v) is 8.83. The van der Waals surface area contributed by atoms with Gasteiger partial charge in [-0.2, -0.15) is 0 Å². The summed E-state index contributed by atoms with van der Waals surface area (Å²) in [6.07, 6.45) is 0.940. The number of hydrogen-bond acceptors (Lipinski definition) is 2. The van der Waals surface area contributed by atoms with E-state index in [1.807, 2.05) is 26.0 Å². The smallest absolute Gasteiger partial charge is 0.210 e.